The molecule has 33 heavy (non-hydrogen) atoms. The average molecular weight is 446 g/mol. The molecule has 0 fully saturated rings. The maximum Gasteiger partial charge on any atom is 0.253 e. The molecule has 3 aromatic rings. The SMILES string of the molecule is CCN(CC)C(=O)c1cccc(NC(=O)CNC(c2ccccc2)c2ccc(OC)cc2)c1. The molecule has 2 amide bonds. The van der Waals surface area contributed by atoms with Gasteiger partial charge in [0.15, 0.2) is 0 Å². The minimum Gasteiger partial charge on any atom is -0.497 e. The van der Waals surface area contributed by atoms with Crippen molar-refractivity contribution in [3.8, 4) is 5.75 Å². The van der Waals surface area contributed by atoms with Crippen molar-refractivity contribution in [3.05, 3.63) is 95.6 Å². The molecule has 3 aromatic carbocycles. The van der Waals surface area contributed by atoms with Crippen LogP contribution in [0.2, 0.25) is 0 Å². The molecule has 0 aliphatic carbocycles. The van der Waals surface area contributed by atoms with Gasteiger partial charge in [0.05, 0.1) is 19.7 Å². The number of hydrogen-bond donors (Lipinski definition) is 2. The second-order valence-electron chi connectivity index (χ2n) is 7.60. The van der Waals surface area contributed by atoms with Crippen molar-refractivity contribution in [1.29, 1.82) is 0 Å². The highest BCUT2D eigenvalue weighted by Gasteiger charge is 2.16. The van der Waals surface area contributed by atoms with Gasteiger partial charge in [-0.25, -0.2) is 0 Å². The van der Waals surface area contributed by atoms with E-state index >= 15 is 0 Å². The summed E-state index contributed by atoms with van der Waals surface area (Å²) in [5.74, 6) is 0.553. The van der Waals surface area contributed by atoms with Crippen molar-refractivity contribution in [2.75, 3.05) is 32.1 Å². The number of carbonyl (C=O) groups excluding carboxylic acids is 2. The molecule has 6 heteroatoms. The van der Waals surface area contributed by atoms with E-state index in [1.165, 1.54) is 0 Å². The summed E-state index contributed by atoms with van der Waals surface area (Å²) in [5.41, 5.74) is 3.24. The van der Waals surface area contributed by atoms with Crippen LogP contribution in [0.3, 0.4) is 0 Å². The van der Waals surface area contributed by atoms with Gasteiger partial charge in [0.25, 0.3) is 5.91 Å². The summed E-state index contributed by atoms with van der Waals surface area (Å²) >= 11 is 0. The zero-order valence-corrected chi connectivity index (χ0v) is 19.4. The quantitative estimate of drug-likeness (QED) is 0.482. The van der Waals surface area contributed by atoms with Crippen LogP contribution in [0.4, 0.5) is 5.69 Å². The van der Waals surface area contributed by atoms with Crippen LogP contribution >= 0.6 is 0 Å². The molecule has 0 saturated carbocycles. The normalized spacial score (nSPS) is 11.5. The lowest BCUT2D eigenvalue weighted by Crippen LogP contribution is -2.32. The lowest BCUT2D eigenvalue weighted by atomic mass is 9.98. The van der Waals surface area contributed by atoms with E-state index in [9.17, 15) is 9.59 Å². The number of amides is 2. The number of nitrogens with zero attached hydrogens (tertiary/aromatic N) is 1. The van der Waals surface area contributed by atoms with Crippen LogP contribution in [0.25, 0.3) is 0 Å². The van der Waals surface area contributed by atoms with E-state index in [2.05, 4.69) is 10.6 Å². The number of rotatable bonds is 10. The van der Waals surface area contributed by atoms with Gasteiger partial charge in [-0.1, -0.05) is 48.5 Å². The van der Waals surface area contributed by atoms with Crippen molar-refractivity contribution in [2.24, 2.45) is 0 Å². The van der Waals surface area contributed by atoms with E-state index in [-0.39, 0.29) is 24.4 Å². The highest BCUT2D eigenvalue weighted by molar-refractivity contribution is 5.97. The first kappa shape index (κ1) is 24.0. The largest absolute Gasteiger partial charge is 0.497 e. The van der Waals surface area contributed by atoms with Gasteiger partial charge in [-0.3, -0.25) is 14.9 Å². The molecule has 1 atom stereocenters. The molecule has 0 aliphatic rings. The molecule has 172 valence electrons. The first-order valence-corrected chi connectivity index (χ1v) is 11.2. The van der Waals surface area contributed by atoms with Crippen molar-refractivity contribution in [2.45, 2.75) is 19.9 Å². The fraction of sp³-hybridized carbons (Fsp3) is 0.259. The number of nitrogens with one attached hydrogen (secondary N) is 2. The number of anilines is 1. The van der Waals surface area contributed by atoms with Crippen molar-refractivity contribution in [1.82, 2.24) is 10.2 Å². The number of ether oxygens (including phenoxy) is 1. The van der Waals surface area contributed by atoms with Crippen LogP contribution < -0.4 is 15.4 Å². The van der Waals surface area contributed by atoms with Crippen LogP contribution in [0.15, 0.2) is 78.9 Å². The monoisotopic (exact) mass is 445 g/mol. The molecule has 0 aromatic heterocycles. The van der Waals surface area contributed by atoms with E-state index < -0.39 is 0 Å². The Bertz CT molecular complexity index is 1050. The minimum absolute atomic E-state index is 0.0436. The van der Waals surface area contributed by atoms with Gasteiger partial charge in [0.2, 0.25) is 5.91 Å². The third-order valence-electron chi connectivity index (χ3n) is 5.49. The van der Waals surface area contributed by atoms with E-state index in [0.29, 0.717) is 24.3 Å². The molecule has 6 nitrogen and oxygen atoms in total. The first-order valence-electron chi connectivity index (χ1n) is 11.2. The Hall–Kier alpha value is -3.64. The minimum atomic E-state index is -0.183. The van der Waals surface area contributed by atoms with Crippen LogP contribution in [-0.4, -0.2) is 43.5 Å². The lowest BCUT2D eigenvalue weighted by molar-refractivity contribution is -0.115. The standard InChI is InChI=1S/C27H31N3O3/c1-4-30(5-2)27(32)22-12-9-13-23(18-22)29-25(31)19-28-26(20-10-7-6-8-11-20)21-14-16-24(33-3)17-15-21/h6-18,26,28H,4-5,19H2,1-3H3,(H,29,31). The zero-order chi connectivity index (χ0) is 23.6. The molecule has 1 unspecified atom stereocenters. The van der Waals surface area contributed by atoms with Crippen molar-refractivity contribution >= 4 is 17.5 Å². The van der Waals surface area contributed by atoms with Gasteiger partial charge in [0.1, 0.15) is 5.75 Å². The molecule has 3 rings (SSSR count). The Labute approximate surface area is 195 Å². The predicted molar refractivity (Wildman–Crippen MR) is 132 cm³/mol. The van der Waals surface area contributed by atoms with E-state index in [0.717, 1.165) is 16.9 Å². The van der Waals surface area contributed by atoms with E-state index in [4.69, 9.17) is 4.74 Å². The maximum absolute atomic E-state index is 12.7. The predicted octanol–water partition coefficient (Wildman–Crippen LogP) is 4.49. The fourth-order valence-corrected chi connectivity index (χ4v) is 3.69. The summed E-state index contributed by atoms with van der Waals surface area (Å²) in [4.78, 5) is 27.1. The maximum atomic E-state index is 12.7. The Balaban J connectivity index is 1.69. The van der Waals surface area contributed by atoms with Crippen LogP contribution in [0, 0.1) is 0 Å². The van der Waals surface area contributed by atoms with Gasteiger partial charge >= 0.3 is 0 Å². The molecule has 0 aliphatic heterocycles. The van der Waals surface area contributed by atoms with Gasteiger partial charge in [-0.15, -0.1) is 0 Å². The average Bonchev–Trinajstić information content (AvgIpc) is 2.86. The topological polar surface area (TPSA) is 70.7 Å². The summed E-state index contributed by atoms with van der Waals surface area (Å²) in [7, 11) is 1.64. The molecule has 0 heterocycles. The fourth-order valence-electron chi connectivity index (χ4n) is 3.69. The van der Waals surface area contributed by atoms with Crippen molar-refractivity contribution in [3.63, 3.8) is 0 Å². The molecule has 0 bridgehead atoms. The number of methoxy groups -OCH3 is 1. The van der Waals surface area contributed by atoms with Gasteiger partial charge in [0, 0.05) is 24.3 Å². The van der Waals surface area contributed by atoms with E-state index in [1.54, 1.807) is 36.3 Å². The second-order valence-corrected chi connectivity index (χ2v) is 7.60. The zero-order valence-electron chi connectivity index (χ0n) is 19.4. The van der Waals surface area contributed by atoms with E-state index in [1.807, 2.05) is 68.4 Å². The molecule has 0 saturated heterocycles. The number of benzene rings is 3. The van der Waals surface area contributed by atoms with Gasteiger partial charge < -0.3 is 15.0 Å². The van der Waals surface area contributed by atoms with Gasteiger partial charge in [-0.2, -0.15) is 0 Å². The van der Waals surface area contributed by atoms with Crippen LogP contribution in [-0.2, 0) is 4.79 Å². The Morgan fingerprint density at radius 3 is 2.18 bits per heavy atom. The number of hydrogen-bond acceptors (Lipinski definition) is 4. The molecular weight excluding hydrogens is 414 g/mol. The summed E-state index contributed by atoms with van der Waals surface area (Å²) in [6, 6.07) is 24.7. The van der Waals surface area contributed by atoms with Gasteiger partial charge in [-0.05, 0) is 55.3 Å². The summed E-state index contributed by atoms with van der Waals surface area (Å²) < 4.78 is 5.26. The summed E-state index contributed by atoms with van der Waals surface area (Å²) in [6.07, 6.45) is 0. The first-order chi connectivity index (χ1) is 16.0. The molecule has 2 N–H and O–H groups in total. The summed E-state index contributed by atoms with van der Waals surface area (Å²) in [6.45, 7) is 5.29. The number of carbonyl (C=O) groups is 2. The Kier molecular flexibility index (Phi) is 8.61. The smallest absolute Gasteiger partial charge is 0.253 e. The molecular formula is C27H31N3O3. The Morgan fingerprint density at radius 1 is 0.879 bits per heavy atom. The Morgan fingerprint density at radius 2 is 1.55 bits per heavy atom. The lowest BCUT2D eigenvalue weighted by Gasteiger charge is -2.20. The van der Waals surface area contributed by atoms with Crippen LogP contribution in [0.5, 0.6) is 5.75 Å². The third-order valence-corrected chi connectivity index (χ3v) is 5.49. The third kappa shape index (κ3) is 6.43. The van der Waals surface area contributed by atoms with Crippen molar-refractivity contribution < 1.29 is 14.3 Å². The van der Waals surface area contributed by atoms with Crippen LogP contribution in [0.1, 0.15) is 41.4 Å². The highest BCUT2D eigenvalue weighted by Crippen LogP contribution is 2.24. The summed E-state index contributed by atoms with van der Waals surface area (Å²) in [5, 5.41) is 6.25. The second kappa shape index (κ2) is 11.8. The molecule has 0 spiro atoms. The highest BCUT2D eigenvalue weighted by atomic mass is 16.5. The molecule has 0 radical (unpaired) electrons.